The van der Waals surface area contributed by atoms with Crippen molar-refractivity contribution in [1.82, 2.24) is 15.1 Å². The normalized spacial score (nSPS) is 19.6. The van der Waals surface area contributed by atoms with E-state index in [1.165, 1.54) is 23.1 Å². The Hall–Kier alpha value is -3.76. The number of nitrogens with zero attached hydrogens (tertiary/aromatic N) is 2. The largest absolute Gasteiger partial charge is 0.492 e. The molecule has 2 N–H and O–H groups in total. The minimum absolute atomic E-state index is 0.000930. The number of amides is 2. The molecular weight excluding hydrogens is 632 g/mol. The fourth-order valence-corrected chi connectivity index (χ4v) is 6.63. The standard InChI is InChI=1S/C34H34BrF2N3O4/c35-28-14-11-24(36)16-31(28)44-15-3-4-21-7-9-22(10-8-21)27-17-26-18-38-19-30(40(26)34(42)43)32(27)33(41)39(25-12-13-25)20-23-5-1-2-6-29(23)37/h1-2,5-11,14,16,25-26,30,38H,3-4,12-13,15,17-20H2,(H,42,43). The highest BCUT2D eigenvalue weighted by Gasteiger charge is 2.46. The van der Waals surface area contributed by atoms with E-state index in [1.54, 1.807) is 29.2 Å². The van der Waals surface area contributed by atoms with Gasteiger partial charge in [0.2, 0.25) is 0 Å². The van der Waals surface area contributed by atoms with Crippen molar-refractivity contribution in [3.05, 3.63) is 105 Å². The summed E-state index contributed by atoms with van der Waals surface area (Å²) in [5.74, 6) is -0.478. The SMILES string of the molecule is O=C(C1=C(c2ccc(CCCOc3cc(F)ccc3Br)cc2)CC2CNCC1N2C(=O)O)N(Cc1ccccc1F)C1CC1. The lowest BCUT2D eigenvalue weighted by Gasteiger charge is -2.47. The number of carbonyl (C=O) groups is 2. The quantitative estimate of drug-likeness (QED) is 0.245. The van der Waals surface area contributed by atoms with Gasteiger partial charge >= 0.3 is 6.09 Å². The number of aryl methyl sites for hydroxylation is 1. The molecule has 3 aliphatic rings. The maximum atomic E-state index is 14.7. The van der Waals surface area contributed by atoms with Crippen LogP contribution >= 0.6 is 15.9 Å². The van der Waals surface area contributed by atoms with Crippen LogP contribution in [0.1, 0.15) is 42.4 Å². The predicted molar refractivity (Wildman–Crippen MR) is 166 cm³/mol. The molecule has 3 aromatic carbocycles. The van der Waals surface area contributed by atoms with E-state index in [0.717, 1.165) is 42.4 Å². The van der Waals surface area contributed by atoms with Crippen molar-refractivity contribution >= 4 is 33.5 Å². The highest BCUT2D eigenvalue weighted by molar-refractivity contribution is 9.10. The number of hydrogen-bond acceptors (Lipinski definition) is 4. The molecule has 2 aliphatic heterocycles. The van der Waals surface area contributed by atoms with Crippen LogP contribution in [0.2, 0.25) is 0 Å². The Morgan fingerprint density at radius 1 is 1.05 bits per heavy atom. The molecule has 6 rings (SSSR count). The average molecular weight is 667 g/mol. The molecule has 0 radical (unpaired) electrons. The van der Waals surface area contributed by atoms with Gasteiger partial charge in [-0.15, -0.1) is 0 Å². The molecule has 3 aromatic rings. The Labute approximate surface area is 263 Å². The molecule has 2 heterocycles. The third kappa shape index (κ3) is 6.51. The first-order valence-electron chi connectivity index (χ1n) is 15.0. The van der Waals surface area contributed by atoms with Crippen LogP contribution in [-0.2, 0) is 17.8 Å². The van der Waals surface area contributed by atoms with Crippen molar-refractivity contribution in [2.45, 2.75) is 56.8 Å². The summed E-state index contributed by atoms with van der Waals surface area (Å²) in [7, 11) is 0. The number of nitrogens with one attached hydrogen (secondary N) is 1. The van der Waals surface area contributed by atoms with Gasteiger partial charge in [-0.2, -0.15) is 0 Å². The summed E-state index contributed by atoms with van der Waals surface area (Å²) >= 11 is 3.38. The van der Waals surface area contributed by atoms with Crippen LogP contribution in [0, 0.1) is 11.6 Å². The Morgan fingerprint density at radius 2 is 1.82 bits per heavy atom. The van der Waals surface area contributed by atoms with Crippen LogP contribution in [0.15, 0.2) is 76.8 Å². The maximum Gasteiger partial charge on any atom is 0.408 e. The number of fused-ring (bicyclic) bond motifs is 2. The van der Waals surface area contributed by atoms with Crippen molar-refractivity contribution < 1.29 is 28.2 Å². The molecule has 2 unspecified atom stereocenters. The topological polar surface area (TPSA) is 82.1 Å². The minimum Gasteiger partial charge on any atom is -0.492 e. The molecule has 1 saturated heterocycles. The second kappa shape index (κ2) is 13.1. The summed E-state index contributed by atoms with van der Waals surface area (Å²) in [6, 6.07) is 17.9. The lowest BCUT2D eigenvalue weighted by atomic mass is 9.81. The van der Waals surface area contributed by atoms with Gasteiger partial charge in [-0.1, -0.05) is 42.5 Å². The fraction of sp³-hybridized carbons (Fsp3) is 0.353. The zero-order valence-electron chi connectivity index (χ0n) is 24.1. The van der Waals surface area contributed by atoms with Gasteiger partial charge in [-0.25, -0.2) is 13.6 Å². The summed E-state index contributed by atoms with van der Waals surface area (Å²) in [5.41, 5.74) is 3.75. The zero-order chi connectivity index (χ0) is 30.8. The molecule has 2 atom stereocenters. The first kappa shape index (κ1) is 30.3. The molecule has 0 spiro atoms. The van der Waals surface area contributed by atoms with Crippen molar-refractivity contribution in [1.29, 1.82) is 0 Å². The van der Waals surface area contributed by atoms with E-state index in [9.17, 15) is 23.5 Å². The van der Waals surface area contributed by atoms with E-state index in [0.29, 0.717) is 47.5 Å². The lowest BCUT2D eigenvalue weighted by Crippen LogP contribution is -2.63. The number of carbonyl (C=O) groups excluding carboxylic acids is 1. The zero-order valence-corrected chi connectivity index (χ0v) is 25.7. The Bertz CT molecular complexity index is 1580. The van der Waals surface area contributed by atoms with Gasteiger partial charge < -0.3 is 20.1 Å². The summed E-state index contributed by atoms with van der Waals surface area (Å²) in [6.45, 7) is 1.41. The Balaban J connectivity index is 1.25. The maximum absolute atomic E-state index is 14.7. The Morgan fingerprint density at radius 3 is 2.55 bits per heavy atom. The average Bonchev–Trinajstić information content (AvgIpc) is 3.85. The van der Waals surface area contributed by atoms with Gasteiger partial charge in [0.1, 0.15) is 17.4 Å². The number of ether oxygens (including phenoxy) is 1. The van der Waals surface area contributed by atoms with E-state index in [-0.39, 0.29) is 36.2 Å². The van der Waals surface area contributed by atoms with Crippen molar-refractivity contribution in [3.8, 4) is 5.75 Å². The van der Waals surface area contributed by atoms with Gasteiger partial charge in [-0.3, -0.25) is 9.69 Å². The lowest BCUT2D eigenvalue weighted by molar-refractivity contribution is -0.129. The molecule has 2 fully saturated rings. The second-order valence-electron chi connectivity index (χ2n) is 11.6. The van der Waals surface area contributed by atoms with Gasteiger partial charge in [0.05, 0.1) is 23.2 Å². The molecule has 230 valence electrons. The smallest absolute Gasteiger partial charge is 0.408 e. The summed E-state index contributed by atoms with van der Waals surface area (Å²) in [6.07, 6.45) is 2.52. The van der Waals surface area contributed by atoms with Crippen molar-refractivity contribution in [2.75, 3.05) is 19.7 Å². The van der Waals surface area contributed by atoms with E-state index in [2.05, 4.69) is 21.2 Å². The summed E-state index contributed by atoms with van der Waals surface area (Å²) in [4.78, 5) is 30.0. The third-order valence-corrected chi connectivity index (χ3v) is 9.26. The van der Waals surface area contributed by atoms with Crippen LogP contribution in [-0.4, -0.2) is 64.7 Å². The van der Waals surface area contributed by atoms with Crippen molar-refractivity contribution in [2.24, 2.45) is 0 Å². The van der Waals surface area contributed by atoms with E-state index < -0.39 is 12.1 Å². The van der Waals surface area contributed by atoms with Crippen LogP contribution in [0.4, 0.5) is 13.6 Å². The summed E-state index contributed by atoms with van der Waals surface area (Å²) in [5, 5.41) is 13.5. The van der Waals surface area contributed by atoms with Crippen LogP contribution in [0.25, 0.3) is 5.57 Å². The molecule has 2 bridgehead atoms. The number of hydrogen-bond donors (Lipinski definition) is 2. The highest BCUT2D eigenvalue weighted by atomic mass is 79.9. The number of carboxylic acid groups (broad SMARTS) is 1. The predicted octanol–water partition coefficient (Wildman–Crippen LogP) is 6.41. The van der Waals surface area contributed by atoms with Gasteiger partial charge in [0.15, 0.2) is 0 Å². The van der Waals surface area contributed by atoms with Crippen LogP contribution < -0.4 is 10.1 Å². The number of benzene rings is 3. The molecule has 2 amide bonds. The van der Waals surface area contributed by atoms with E-state index in [4.69, 9.17) is 4.74 Å². The minimum atomic E-state index is -1.04. The molecule has 10 heteroatoms. The van der Waals surface area contributed by atoms with Crippen LogP contribution in [0.5, 0.6) is 5.75 Å². The second-order valence-corrected chi connectivity index (χ2v) is 12.4. The Kier molecular flexibility index (Phi) is 9.00. The molecule has 0 aromatic heterocycles. The molecule has 1 aliphatic carbocycles. The van der Waals surface area contributed by atoms with Gasteiger partial charge in [0, 0.05) is 42.9 Å². The molecule has 1 saturated carbocycles. The monoisotopic (exact) mass is 665 g/mol. The number of halogens is 3. The number of piperazine rings is 1. The van der Waals surface area contributed by atoms with Crippen molar-refractivity contribution in [3.63, 3.8) is 0 Å². The number of rotatable bonds is 10. The van der Waals surface area contributed by atoms with E-state index in [1.807, 2.05) is 24.3 Å². The summed E-state index contributed by atoms with van der Waals surface area (Å²) < 4.78 is 34.6. The van der Waals surface area contributed by atoms with E-state index >= 15 is 0 Å². The first-order valence-corrected chi connectivity index (χ1v) is 15.8. The first-order chi connectivity index (χ1) is 21.3. The molecule has 44 heavy (non-hydrogen) atoms. The van der Waals surface area contributed by atoms with Crippen LogP contribution in [0.3, 0.4) is 0 Å². The molecule has 7 nitrogen and oxygen atoms in total. The fourth-order valence-electron chi connectivity index (χ4n) is 6.27. The van der Waals surface area contributed by atoms with Gasteiger partial charge in [-0.05, 0) is 82.9 Å². The molecular formula is C34H34BrF2N3O4. The van der Waals surface area contributed by atoms with Gasteiger partial charge in [0.25, 0.3) is 5.91 Å². The third-order valence-electron chi connectivity index (χ3n) is 8.61. The highest BCUT2D eigenvalue weighted by Crippen LogP contribution is 2.40.